The lowest BCUT2D eigenvalue weighted by molar-refractivity contribution is -0.141. The second-order valence-corrected chi connectivity index (χ2v) is 5.63. The number of aryl methyl sites for hydroxylation is 1. The lowest BCUT2D eigenvalue weighted by atomic mass is 10.1. The van der Waals surface area contributed by atoms with Crippen molar-refractivity contribution in [2.45, 2.75) is 37.8 Å². The van der Waals surface area contributed by atoms with E-state index in [2.05, 4.69) is 11.1 Å². The largest absolute Gasteiger partial charge is 0.481 e. The molecule has 1 rings (SSSR count). The van der Waals surface area contributed by atoms with E-state index in [4.69, 9.17) is 21.1 Å². The third-order valence-corrected chi connectivity index (χ3v) is 3.33. The van der Waals surface area contributed by atoms with Crippen LogP contribution in [0.25, 0.3) is 0 Å². The fourth-order valence-corrected chi connectivity index (χ4v) is 1.93. The highest BCUT2D eigenvalue weighted by Gasteiger charge is 2.16. The molecule has 0 aliphatic carbocycles. The van der Waals surface area contributed by atoms with E-state index in [1.807, 2.05) is 30.3 Å². The molecule has 0 aliphatic rings. The number of amides is 1. The van der Waals surface area contributed by atoms with Gasteiger partial charge in [0.2, 0.25) is 5.91 Å². The summed E-state index contributed by atoms with van der Waals surface area (Å²) in [6.45, 7) is 0.168. The van der Waals surface area contributed by atoms with Crippen molar-refractivity contribution in [3.05, 3.63) is 35.9 Å². The van der Waals surface area contributed by atoms with Crippen molar-refractivity contribution >= 4 is 23.8 Å². The van der Waals surface area contributed by atoms with Gasteiger partial charge in [0.1, 0.15) is 12.1 Å². The van der Waals surface area contributed by atoms with E-state index in [9.17, 15) is 19.2 Å². The molecule has 10 nitrogen and oxygen atoms in total. The Balaban J connectivity index is 0.000000636. The summed E-state index contributed by atoms with van der Waals surface area (Å²) in [7, 11) is 0. The fraction of sp³-hybridized carbons (Fsp3) is 0.412. The molecule has 0 saturated carbocycles. The number of benzene rings is 1. The average molecular weight is 383 g/mol. The van der Waals surface area contributed by atoms with Crippen LogP contribution >= 0.6 is 0 Å². The quantitative estimate of drug-likeness (QED) is 0.289. The topological polar surface area (TPSA) is 193 Å². The minimum Gasteiger partial charge on any atom is -0.481 e. The van der Waals surface area contributed by atoms with E-state index >= 15 is 0 Å². The van der Waals surface area contributed by atoms with Crippen LogP contribution in [-0.2, 0) is 25.6 Å². The van der Waals surface area contributed by atoms with Crippen molar-refractivity contribution < 1.29 is 34.5 Å². The summed E-state index contributed by atoms with van der Waals surface area (Å²) in [6.07, 6.45) is 0.710. The SMILES string of the molecule is NC(=O)C[C@H](N)C(=O)O.O=C(O)CCN[C@H](CCc1ccccc1)C(=O)O. The van der Waals surface area contributed by atoms with Gasteiger partial charge in [-0.2, -0.15) is 0 Å². The smallest absolute Gasteiger partial charge is 0.321 e. The van der Waals surface area contributed by atoms with Crippen LogP contribution in [0.4, 0.5) is 0 Å². The van der Waals surface area contributed by atoms with Gasteiger partial charge in [0.25, 0.3) is 0 Å². The number of primary amides is 1. The third kappa shape index (κ3) is 13.0. The first-order valence-corrected chi connectivity index (χ1v) is 8.12. The van der Waals surface area contributed by atoms with E-state index in [0.29, 0.717) is 12.8 Å². The molecular weight excluding hydrogens is 358 g/mol. The number of nitrogens with one attached hydrogen (secondary N) is 1. The van der Waals surface area contributed by atoms with Gasteiger partial charge in [-0.25, -0.2) is 0 Å². The molecule has 0 aromatic heterocycles. The lowest BCUT2D eigenvalue weighted by Crippen LogP contribution is -2.38. The Labute approximate surface area is 156 Å². The van der Waals surface area contributed by atoms with Crippen molar-refractivity contribution in [3.8, 4) is 0 Å². The molecule has 1 aromatic carbocycles. The van der Waals surface area contributed by atoms with E-state index in [-0.39, 0.29) is 19.4 Å². The van der Waals surface area contributed by atoms with Crippen LogP contribution in [0.5, 0.6) is 0 Å². The first kappa shape index (κ1) is 24.0. The number of aliphatic carboxylic acids is 3. The highest BCUT2D eigenvalue weighted by Crippen LogP contribution is 2.05. The molecule has 0 aliphatic heterocycles. The molecule has 0 unspecified atom stereocenters. The molecule has 10 heteroatoms. The van der Waals surface area contributed by atoms with E-state index < -0.39 is 35.9 Å². The Morgan fingerprint density at radius 3 is 2.00 bits per heavy atom. The normalized spacial score (nSPS) is 12.2. The summed E-state index contributed by atoms with van der Waals surface area (Å²) < 4.78 is 0. The fourth-order valence-electron chi connectivity index (χ4n) is 1.93. The highest BCUT2D eigenvalue weighted by atomic mass is 16.4. The van der Waals surface area contributed by atoms with Crippen molar-refractivity contribution in [1.29, 1.82) is 0 Å². The number of hydrogen-bond acceptors (Lipinski definition) is 6. The number of carboxylic acids is 3. The van der Waals surface area contributed by atoms with Gasteiger partial charge in [0.05, 0.1) is 12.8 Å². The number of nitrogens with two attached hydrogens (primary N) is 2. The summed E-state index contributed by atoms with van der Waals surface area (Å²) in [6, 6.07) is 7.73. The molecule has 0 saturated heterocycles. The zero-order chi connectivity index (χ0) is 20.8. The Morgan fingerprint density at radius 2 is 1.59 bits per heavy atom. The summed E-state index contributed by atoms with van der Waals surface area (Å²) in [5, 5.41) is 28.3. The average Bonchev–Trinajstić information content (AvgIpc) is 2.58. The zero-order valence-corrected chi connectivity index (χ0v) is 14.7. The Bertz CT molecular complexity index is 622. The highest BCUT2D eigenvalue weighted by molar-refractivity contribution is 5.83. The number of hydrogen-bond donors (Lipinski definition) is 6. The van der Waals surface area contributed by atoms with Gasteiger partial charge in [-0.15, -0.1) is 0 Å². The second kappa shape index (κ2) is 13.3. The van der Waals surface area contributed by atoms with Crippen molar-refractivity contribution in [2.75, 3.05) is 6.54 Å². The lowest BCUT2D eigenvalue weighted by Gasteiger charge is -2.13. The molecule has 150 valence electrons. The molecule has 0 heterocycles. The van der Waals surface area contributed by atoms with Crippen LogP contribution in [0, 0.1) is 0 Å². The van der Waals surface area contributed by atoms with Crippen LogP contribution < -0.4 is 16.8 Å². The molecule has 1 aromatic rings. The van der Waals surface area contributed by atoms with Gasteiger partial charge in [-0.05, 0) is 18.4 Å². The summed E-state index contributed by atoms with van der Waals surface area (Å²) in [5.74, 6) is -3.80. The number of carbonyl (C=O) groups excluding carboxylic acids is 1. The monoisotopic (exact) mass is 383 g/mol. The van der Waals surface area contributed by atoms with Crippen LogP contribution in [0.2, 0.25) is 0 Å². The molecule has 0 bridgehead atoms. The van der Waals surface area contributed by atoms with Crippen molar-refractivity contribution in [3.63, 3.8) is 0 Å². The minimum atomic E-state index is -1.21. The van der Waals surface area contributed by atoms with Crippen LogP contribution in [-0.4, -0.2) is 57.8 Å². The summed E-state index contributed by atoms with van der Waals surface area (Å²) in [4.78, 5) is 41.2. The van der Waals surface area contributed by atoms with Gasteiger partial charge in [-0.1, -0.05) is 30.3 Å². The van der Waals surface area contributed by atoms with Crippen LogP contribution in [0.1, 0.15) is 24.8 Å². The predicted octanol–water partition coefficient (Wildman–Crippen LogP) is -0.590. The van der Waals surface area contributed by atoms with Crippen molar-refractivity contribution in [1.82, 2.24) is 5.32 Å². The molecular formula is C17H25N3O7. The molecule has 1 amide bonds. The number of carboxylic acid groups (broad SMARTS) is 3. The number of carbonyl (C=O) groups is 4. The van der Waals surface area contributed by atoms with Gasteiger partial charge < -0.3 is 32.1 Å². The molecule has 0 spiro atoms. The first-order chi connectivity index (χ1) is 12.6. The standard InChI is InChI=1S/C13H17NO4.C4H8N2O3/c15-12(16)8-9-14-11(13(17)18)7-6-10-4-2-1-3-5-10;5-2(4(8)9)1-3(6)7/h1-5,11,14H,6-9H2,(H,15,16)(H,17,18);2H,1,5H2,(H2,6,7)(H,8,9)/t11-;2-/m10/s1. The Kier molecular flexibility index (Phi) is 11.8. The maximum atomic E-state index is 11.0. The van der Waals surface area contributed by atoms with Gasteiger partial charge in [0, 0.05) is 6.54 Å². The molecule has 2 atom stereocenters. The minimum absolute atomic E-state index is 0.0743. The third-order valence-electron chi connectivity index (χ3n) is 3.33. The summed E-state index contributed by atoms with van der Waals surface area (Å²) >= 11 is 0. The van der Waals surface area contributed by atoms with Crippen LogP contribution in [0.3, 0.4) is 0 Å². The van der Waals surface area contributed by atoms with E-state index in [1.54, 1.807) is 0 Å². The first-order valence-electron chi connectivity index (χ1n) is 8.12. The van der Waals surface area contributed by atoms with E-state index in [1.165, 1.54) is 0 Å². The predicted molar refractivity (Wildman–Crippen MR) is 95.9 cm³/mol. The Morgan fingerprint density at radius 1 is 1.00 bits per heavy atom. The molecule has 0 fully saturated rings. The molecule has 0 radical (unpaired) electrons. The second-order valence-electron chi connectivity index (χ2n) is 5.63. The van der Waals surface area contributed by atoms with Gasteiger partial charge in [0.15, 0.2) is 0 Å². The summed E-state index contributed by atoms with van der Waals surface area (Å²) in [5.41, 5.74) is 10.6. The molecule has 27 heavy (non-hydrogen) atoms. The van der Waals surface area contributed by atoms with Gasteiger partial charge in [-0.3, -0.25) is 19.2 Å². The van der Waals surface area contributed by atoms with Gasteiger partial charge >= 0.3 is 17.9 Å². The Hall–Kier alpha value is -2.98. The zero-order valence-electron chi connectivity index (χ0n) is 14.7. The van der Waals surface area contributed by atoms with E-state index in [0.717, 1.165) is 5.56 Å². The molecule has 8 N–H and O–H groups in total. The maximum Gasteiger partial charge on any atom is 0.321 e. The number of rotatable bonds is 11. The van der Waals surface area contributed by atoms with Crippen molar-refractivity contribution in [2.24, 2.45) is 11.5 Å². The van der Waals surface area contributed by atoms with Crippen LogP contribution in [0.15, 0.2) is 30.3 Å². The maximum absolute atomic E-state index is 11.0.